The van der Waals surface area contributed by atoms with Crippen LogP contribution in [0.2, 0.25) is 0 Å². The summed E-state index contributed by atoms with van der Waals surface area (Å²) >= 11 is 0. The first-order valence-corrected chi connectivity index (χ1v) is 6.58. The zero-order chi connectivity index (χ0) is 13.5. The van der Waals surface area contributed by atoms with Crippen molar-refractivity contribution in [1.82, 2.24) is 10.3 Å². The maximum atomic E-state index is 5.73. The molecular weight excluding hydrogens is 236 g/mol. The van der Waals surface area contributed by atoms with Crippen LogP contribution in [0.25, 0.3) is 0 Å². The van der Waals surface area contributed by atoms with Crippen molar-refractivity contribution in [3.63, 3.8) is 0 Å². The number of ether oxygens (including phenoxy) is 1. The van der Waals surface area contributed by atoms with E-state index in [1.807, 2.05) is 31.4 Å². The van der Waals surface area contributed by atoms with Crippen molar-refractivity contribution in [2.45, 2.75) is 19.4 Å². The van der Waals surface area contributed by atoms with Crippen LogP contribution in [0.4, 0.5) is 0 Å². The van der Waals surface area contributed by atoms with Gasteiger partial charge in [0.2, 0.25) is 0 Å². The lowest BCUT2D eigenvalue weighted by atomic mass is 10.1. The minimum atomic E-state index is 0.365. The summed E-state index contributed by atoms with van der Waals surface area (Å²) in [6.45, 7) is 2.81. The largest absolute Gasteiger partial charge is 0.493 e. The number of aromatic nitrogens is 1. The molecule has 0 spiro atoms. The highest BCUT2D eigenvalue weighted by atomic mass is 16.5. The Morgan fingerprint density at radius 3 is 2.63 bits per heavy atom. The number of pyridine rings is 1. The molecular formula is C16H20N2O. The minimum absolute atomic E-state index is 0.365. The van der Waals surface area contributed by atoms with Crippen LogP contribution in [-0.4, -0.2) is 18.6 Å². The molecule has 0 bridgehead atoms. The van der Waals surface area contributed by atoms with Gasteiger partial charge in [-0.05, 0) is 43.3 Å². The maximum absolute atomic E-state index is 5.73. The van der Waals surface area contributed by atoms with Crippen LogP contribution in [0.15, 0.2) is 48.8 Å². The van der Waals surface area contributed by atoms with Gasteiger partial charge in [0.05, 0.1) is 6.61 Å². The predicted octanol–water partition coefficient (Wildman–Crippen LogP) is 2.98. The molecule has 2 aromatic rings. The average Bonchev–Trinajstić information content (AvgIpc) is 2.48. The summed E-state index contributed by atoms with van der Waals surface area (Å²) in [5, 5.41) is 3.22. The molecule has 0 aliphatic heterocycles. The van der Waals surface area contributed by atoms with E-state index in [0.717, 1.165) is 12.2 Å². The third kappa shape index (κ3) is 4.07. The van der Waals surface area contributed by atoms with Crippen molar-refractivity contribution in [3.8, 4) is 5.75 Å². The summed E-state index contributed by atoms with van der Waals surface area (Å²) in [4.78, 5) is 4.09. The van der Waals surface area contributed by atoms with Gasteiger partial charge in [-0.3, -0.25) is 4.98 Å². The number of rotatable bonds is 6. The normalized spacial score (nSPS) is 12.1. The van der Waals surface area contributed by atoms with Crippen LogP contribution < -0.4 is 10.1 Å². The van der Waals surface area contributed by atoms with Gasteiger partial charge in [0.25, 0.3) is 0 Å². The molecule has 1 N–H and O–H groups in total. The summed E-state index contributed by atoms with van der Waals surface area (Å²) in [5.74, 6) is 0.913. The molecule has 2 rings (SSSR count). The third-order valence-electron chi connectivity index (χ3n) is 3.20. The molecule has 100 valence electrons. The molecule has 0 saturated carbocycles. The van der Waals surface area contributed by atoms with Crippen molar-refractivity contribution < 1.29 is 4.74 Å². The Hall–Kier alpha value is -1.87. The van der Waals surface area contributed by atoms with E-state index in [9.17, 15) is 0 Å². The lowest BCUT2D eigenvalue weighted by Gasteiger charge is -2.11. The van der Waals surface area contributed by atoms with Gasteiger partial charge in [-0.2, -0.15) is 0 Å². The smallest absolute Gasteiger partial charge is 0.119 e. The number of hydrogen-bond acceptors (Lipinski definition) is 3. The maximum Gasteiger partial charge on any atom is 0.119 e. The summed E-state index contributed by atoms with van der Waals surface area (Å²) in [6, 6.07) is 12.6. The van der Waals surface area contributed by atoms with E-state index in [-0.39, 0.29) is 0 Å². The molecule has 3 nitrogen and oxygen atoms in total. The second-order valence-electron chi connectivity index (χ2n) is 4.54. The number of benzene rings is 1. The van der Waals surface area contributed by atoms with E-state index in [4.69, 9.17) is 4.74 Å². The van der Waals surface area contributed by atoms with Crippen molar-refractivity contribution >= 4 is 0 Å². The van der Waals surface area contributed by atoms with Crippen LogP contribution in [-0.2, 0) is 6.42 Å². The molecule has 1 unspecified atom stereocenters. The number of nitrogens with zero attached hydrogens (tertiary/aromatic N) is 1. The second kappa shape index (κ2) is 6.90. The van der Waals surface area contributed by atoms with E-state index >= 15 is 0 Å². The van der Waals surface area contributed by atoms with Gasteiger partial charge in [0.15, 0.2) is 0 Å². The molecule has 0 aliphatic rings. The molecule has 1 atom stereocenters. The topological polar surface area (TPSA) is 34.1 Å². The monoisotopic (exact) mass is 256 g/mol. The highest BCUT2D eigenvalue weighted by molar-refractivity contribution is 5.29. The molecule has 3 heteroatoms. The molecule has 1 aromatic heterocycles. The Kier molecular flexibility index (Phi) is 4.93. The van der Waals surface area contributed by atoms with E-state index in [1.165, 1.54) is 11.1 Å². The Morgan fingerprint density at radius 2 is 2.00 bits per heavy atom. The van der Waals surface area contributed by atoms with E-state index in [2.05, 4.69) is 35.4 Å². The summed E-state index contributed by atoms with van der Waals surface area (Å²) in [5.41, 5.74) is 2.46. The standard InChI is InChI=1S/C16H20N2O/c1-13(17-2)15-5-7-16(8-6-15)19-11-9-14-4-3-10-18-12-14/h3-8,10,12-13,17H,9,11H2,1-2H3. The Bertz CT molecular complexity index is 482. The van der Waals surface area contributed by atoms with Gasteiger partial charge in [-0.25, -0.2) is 0 Å². The Balaban J connectivity index is 1.83. The van der Waals surface area contributed by atoms with Gasteiger partial charge < -0.3 is 10.1 Å². The zero-order valence-electron chi connectivity index (χ0n) is 11.5. The lowest BCUT2D eigenvalue weighted by Crippen LogP contribution is -2.12. The van der Waals surface area contributed by atoms with E-state index < -0.39 is 0 Å². The van der Waals surface area contributed by atoms with Crippen LogP contribution in [0, 0.1) is 0 Å². The van der Waals surface area contributed by atoms with Crippen molar-refractivity contribution in [2.75, 3.05) is 13.7 Å². The van der Waals surface area contributed by atoms with Crippen LogP contribution in [0.1, 0.15) is 24.1 Å². The summed E-state index contributed by atoms with van der Waals surface area (Å²) in [6.07, 6.45) is 4.54. The van der Waals surface area contributed by atoms with Crippen molar-refractivity contribution in [3.05, 3.63) is 59.9 Å². The first-order valence-electron chi connectivity index (χ1n) is 6.58. The molecule has 1 heterocycles. The summed E-state index contributed by atoms with van der Waals surface area (Å²) < 4.78 is 5.73. The van der Waals surface area contributed by atoms with Crippen LogP contribution in [0.3, 0.4) is 0 Å². The first kappa shape index (κ1) is 13.6. The predicted molar refractivity (Wildman–Crippen MR) is 77.4 cm³/mol. The molecule has 0 fully saturated rings. The van der Waals surface area contributed by atoms with Crippen LogP contribution >= 0.6 is 0 Å². The average molecular weight is 256 g/mol. The lowest BCUT2D eigenvalue weighted by molar-refractivity contribution is 0.321. The SMILES string of the molecule is CNC(C)c1ccc(OCCc2cccnc2)cc1. The van der Waals surface area contributed by atoms with E-state index in [1.54, 1.807) is 6.20 Å². The van der Waals surface area contributed by atoms with Crippen LogP contribution in [0.5, 0.6) is 5.75 Å². The van der Waals surface area contributed by atoms with Gasteiger partial charge in [0, 0.05) is 24.9 Å². The van der Waals surface area contributed by atoms with Gasteiger partial charge in [0.1, 0.15) is 5.75 Å². The van der Waals surface area contributed by atoms with Gasteiger partial charge in [-0.1, -0.05) is 18.2 Å². The quantitative estimate of drug-likeness (QED) is 0.862. The molecule has 0 radical (unpaired) electrons. The fraction of sp³-hybridized carbons (Fsp3) is 0.312. The molecule has 19 heavy (non-hydrogen) atoms. The molecule has 1 aromatic carbocycles. The number of hydrogen-bond donors (Lipinski definition) is 1. The van der Waals surface area contributed by atoms with Gasteiger partial charge in [-0.15, -0.1) is 0 Å². The highest BCUT2D eigenvalue weighted by Crippen LogP contribution is 2.17. The Labute approximate surface area is 114 Å². The zero-order valence-corrected chi connectivity index (χ0v) is 11.5. The Morgan fingerprint density at radius 1 is 1.21 bits per heavy atom. The molecule has 0 amide bonds. The van der Waals surface area contributed by atoms with Crippen molar-refractivity contribution in [1.29, 1.82) is 0 Å². The highest BCUT2D eigenvalue weighted by Gasteiger charge is 2.02. The molecule has 0 aliphatic carbocycles. The fourth-order valence-corrected chi connectivity index (χ4v) is 1.85. The second-order valence-corrected chi connectivity index (χ2v) is 4.54. The summed E-state index contributed by atoms with van der Waals surface area (Å²) in [7, 11) is 1.96. The minimum Gasteiger partial charge on any atom is -0.493 e. The third-order valence-corrected chi connectivity index (χ3v) is 3.20. The van der Waals surface area contributed by atoms with E-state index in [0.29, 0.717) is 12.6 Å². The number of nitrogens with one attached hydrogen (secondary N) is 1. The van der Waals surface area contributed by atoms with Crippen molar-refractivity contribution in [2.24, 2.45) is 0 Å². The molecule has 0 saturated heterocycles. The van der Waals surface area contributed by atoms with Gasteiger partial charge >= 0.3 is 0 Å². The first-order chi connectivity index (χ1) is 9.29. The fourth-order valence-electron chi connectivity index (χ4n) is 1.85.